The van der Waals surface area contributed by atoms with Gasteiger partial charge in [0.2, 0.25) is 11.7 Å². The lowest BCUT2D eigenvalue weighted by Gasteiger charge is -2.15. The monoisotopic (exact) mass is 461 g/mol. The summed E-state index contributed by atoms with van der Waals surface area (Å²) in [6.45, 7) is 6.14. The Bertz CT molecular complexity index is 1150. The van der Waals surface area contributed by atoms with Gasteiger partial charge in [-0.05, 0) is 37.1 Å². The number of nitrogens with zero attached hydrogens (tertiary/aromatic N) is 4. The Morgan fingerprint density at radius 1 is 1.16 bits per heavy atom. The van der Waals surface area contributed by atoms with E-state index in [9.17, 15) is 23.7 Å². The Labute approximate surface area is 187 Å². The summed E-state index contributed by atoms with van der Waals surface area (Å²) in [5, 5.41) is 21.5. The molecule has 0 radical (unpaired) electrons. The van der Waals surface area contributed by atoms with Gasteiger partial charge in [-0.1, -0.05) is 37.7 Å². The highest BCUT2D eigenvalue weighted by Gasteiger charge is 2.23. The smallest absolute Gasteiger partial charge is 0.306 e. The van der Waals surface area contributed by atoms with Crippen LogP contribution in [0.2, 0.25) is 0 Å². The fraction of sp³-hybridized carbons (Fsp3) is 0.286. The molecular formula is C21H21F2N5O3S. The first-order chi connectivity index (χ1) is 15.2. The van der Waals surface area contributed by atoms with Gasteiger partial charge in [-0.15, -0.1) is 10.2 Å². The molecule has 1 N–H and O–H groups in total. The molecule has 1 unspecified atom stereocenters. The van der Waals surface area contributed by atoms with Crippen molar-refractivity contribution in [1.82, 2.24) is 14.8 Å². The molecule has 0 fully saturated rings. The van der Waals surface area contributed by atoms with Crippen molar-refractivity contribution in [1.29, 1.82) is 0 Å². The molecule has 0 bridgehead atoms. The Morgan fingerprint density at radius 3 is 2.53 bits per heavy atom. The topological polar surface area (TPSA) is 103 Å². The van der Waals surface area contributed by atoms with Crippen LogP contribution in [-0.2, 0) is 11.3 Å². The zero-order valence-electron chi connectivity index (χ0n) is 17.6. The summed E-state index contributed by atoms with van der Waals surface area (Å²) in [5.74, 6) is -1.30. The highest BCUT2D eigenvalue weighted by molar-refractivity contribution is 8.00. The number of hydrogen-bond donors (Lipinski definition) is 1. The maximum atomic E-state index is 14.3. The number of nitrogens with one attached hydrogen (secondary N) is 1. The molecule has 0 saturated carbocycles. The normalized spacial score (nSPS) is 12.1. The molecule has 1 aromatic heterocycles. The summed E-state index contributed by atoms with van der Waals surface area (Å²) < 4.78 is 29.6. The fourth-order valence-corrected chi connectivity index (χ4v) is 3.79. The number of thioether (sulfide) groups is 1. The second-order valence-corrected chi connectivity index (χ2v) is 8.77. The zero-order chi connectivity index (χ0) is 23.4. The number of rotatable bonds is 8. The number of nitro benzene ring substituents is 1. The van der Waals surface area contributed by atoms with Crippen LogP contribution in [-0.4, -0.2) is 30.8 Å². The van der Waals surface area contributed by atoms with Crippen LogP contribution in [0.25, 0.3) is 11.4 Å². The van der Waals surface area contributed by atoms with E-state index >= 15 is 0 Å². The minimum Gasteiger partial charge on any atom is -0.325 e. The number of anilines is 1. The van der Waals surface area contributed by atoms with Gasteiger partial charge in [-0.3, -0.25) is 14.9 Å². The Kier molecular flexibility index (Phi) is 7.18. The van der Waals surface area contributed by atoms with Crippen LogP contribution in [0.15, 0.2) is 47.6 Å². The molecule has 2 aromatic carbocycles. The molecule has 168 valence electrons. The molecule has 0 aliphatic heterocycles. The van der Waals surface area contributed by atoms with Crippen LogP contribution in [0.3, 0.4) is 0 Å². The van der Waals surface area contributed by atoms with E-state index in [0.717, 1.165) is 23.9 Å². The van der Waals surface area contributed by atoms with Gasteiger partial charge in [0.15, 0.2) is 11.0 Å². The number of nitro groups is 1. The van der Waals surface area contributed by atoms with Crippen molar-refractivity contribution in [3.05, 3.63) is 64.2 Å². The van der Waals surface area contributed by atoms with Crippen molar-refractivity contribution in [2.75, 3.05) is 5.32 Å². The minimum absolute atomic E-state index is 0.103. The van der Waals surface area contributed by atoms with E-state index in [-0.39, 0.29) is 11.6 Å². The van der Waals surface area contributed by atoms with Crippen molar-refractivity contribution in [2.45, 2.75) is 37.7 Å². The average Bonchev–Trinajstić information content (AvgIpc) is 3.10. The molecule has 1 atom stereocenters. The molecular weight excluding hydrogens is 440 g/mol. The van der Waals surface area contributed by atoms with E-state index in [0.29, 0.717) is 23.1 Å². The van der Waals surface area contributed by atoms with E-state index < -0.39 is 33.4 Å². The predicted octanol–water partition coefficient (Wildman–Crippen LogP) is 4.91. The van der Waals surface area contributed by atoms with Gasteiger partial charge in [0.1, 0.15) is 5.82 Å². The van der Waals surface area contributed by atoms with E-state index in [4.69, 9.17) is 0 Å². The lowest BCUT2D eigenvalue weighted by molar-refractivity contribution is -0.387. The average molecular weight is 461 g/mol. The standard InChI is InChI=1S/C21H21F2N5O3S/c1-12(2)11-27-19(15-6-4-5-7-16(15)22)25-26-21(27)32-13(3)20(29)24-14-8-9-17(23)18(10-14)28(30)31/h4-10,12-13H,11H2,1-3H3,(H,24,29). The lowest BCUT2D eigenvalue weighted by atomic mass is 10.2. The first-order valence-corrected chi connectivity index (χ1v) is 10.6. The number of carbonyl (C=O) groups is 1. The van der Waals surface area contributed by atoms with E-state index in [2.05, 4.69) is 15.5 Å². The van der Waals surface area contributed by atoms with Gasteiger partial charge in [0, 0.05) is 18.3 Å². The number of benzene rings is 2. The quantitative estimate of drug-likeness (QED) is 0.291. The zero-order valence-corrected chi connectivity index (χ0v) is 18.4. The molecule has 3 rings (SSSR count). The van der Waals surface area contributed by atoms with Crippen molar-refractivity contribution in [3.8, 4) is 11.4 Å². The molecule has 0 aliphatic rings. The summed E-state index contributed by atoms with van der Waals surface area (Å²) in [6, 6.07) is 9.38. The van der Waals surface area contributed by atoms with E-state index in [1.54, 1.807) is 29.7 Å². The lowest BCUT2D eigenvalue weighted by Crippen LogP contribution is -2.23. The molecule has 0 saturated heterocycles. The summed E-state index contributed by atoms with van der Waals surface area (Å²) in [5.41, 5.74) is -0.316. The third-order valence-corrected chi connectivity index (χ3v) is 5.52. The molecule has 3 aromatic rings. The SMILES string of the molecule is CC(C)Cn1c(SC(C)C(=O)Nc2ccc(F)c([N+](=O)[O-])c2)nnc1-c1ccccc1F. The fourth-order valence-electron chi connectivity index (χ4n) is 2.93. The van der Waals surface area contributed by atoms with Crippen molar-refractivity contribution < 1.29 is 18.5 Å². The van der Waals surface area contributed by atoms with Crippen LogP contribution >= 0.6 is 11.8 Å². The van der Waals surface area contributed by atoms with Crippen LogP contribution in [0.5, 0.6) is 0 Å². The summed E-state index contributed by atoms with van der Waals surface area (Å²) in [7, 11) is 0. The van der Waals surface area contributed by atoms with Gasteiger partial charge in [0.05, 0.1) is 15.7 Å². The summed E-state index contributed by atoms with van der Waals surface area (Å²) >= 11 is 1.12. The predicted molar refractivity (Wildman–Crippen MR) is 117 cm³/mol. The third-order valence-electron chi connectivity index (χ3n) is 4.44. The Morgan fingerprint density at radius 2 is 1.88 bits per heavy atom. The molecule has 32 heavy (non-hydrogen) atoms. The second kappa shape index (κ2) is 9.86. The van der Waals surface area contributed by atoms with E-state index in [1.807, 2.05) is 13.8 Å². The highest BCUT2D eigenvalue weighted by Crippen LogP contribution is 2.30. The number of hydrogen-bond acceptors (Lipinski definition) is 6. The van der Waals surface area contributed by atoms with Gasteiger partial charge in [0.25, 0.3) is 0 Å². The molecule has 0 spiro atoms. The van der Waals surface area contributed by atoms with Crippen LogP contribution in [0.1, 0.15) is 20.8 Å². The molecule has 1 amide bonds. The Hall–Kier alpha value is -3.34. The minimum atomic E-state index is -0.988. The highest BCUT2D eigenvalue weighted by atomic mass is 32.2. The summed E-state index contributed by atoms with van der Waals surface area (Å²) in [6.07, 6.45) is 0. The third kappa shape index (κ3) is 5.28. The number of halogens is 2. The molecule has 0 aliphatic carbocycles. The van der Waals surface area contributed by atoms with Crippen molar-refractivity contribution in [2.24, 2.45) is 5.92 Å². The van der Waals surface area contributed by atoms with Gasteiger partial charge in [-0.2, -0.15) is 4.39 Å². The second-order valence-electron chi connectivity index (χ2n) is 7.46. The van der Waals surface area contributed by atoms with Gasteiger partial charge < -0.3 is 9.88 Å². The Balaban J connectivity index is 1.82. The maximum Gasteiger partial charge on any atom is 0.306 e. The maximum absolute atomic E-state index is 14.3. The van der Waals surface area contributed by atoms with Crippen molar-refractivity contribution in [3.63, 3.8) is 0 Å². The number of aromatic nitrogens is 3. The van der Waals surface area contributed by atoms with Crippen molar-refractivity contribution >= 4 is 29.0 Å². The summed E-state index contributed by atoms with van der Waals surface area (Å²) in [4.78, 5) is 22.7. The number of carbonyl (C=O) groups excluding carboxylic acids is 1. The van der Waals surface area contributed by atoms with Crippen LogP contribution in [0.4, 0.5) is 20.2 Å². The molecule has 1 heterocycles. The first kappa shape index (κ1) is 23.3. The van der Waals surface area contributed by atoms with Gasteiger partial charge >= 0.3 is 5.69 Å². The van der Waals surface area contributed by atoms with Crippen LogP contribution in [0, 0.1) is 27.7 Å². The van der Waals surface area contributed by atoms with E-state index in [1.165, 1.54) is 12.1 Å². The number of amides is 1. The van der Waals surface area contributed by atoms with Gasteiger partial charge in [-0.25, -0.2) is 4.39 Å². The molecule has 11 heteroatoms. The first-order valence-electron chi connectivity index (χ1n) is 9.77. The van der Waals surface area contributed by atoms with Crippen LogP contribution < -0.4 is 5.32 Å². The largest absolute Gasteiger partial charge is 0.325 e. The molecule has 8 nitrogen and oxygen atoms in total.